The van der Waals surface area contributed by atoms with Crippen molar-refractivity contribution in [1.82, 2.24) is 4.90 Å². The normalized spacial score (nSPS) is 16.8. The Bertz CT molecular complexity index is 795. The standard InChI is InChI=1S/C48H93N3O3/c1-3-5-7-9-11-13-15-17-19-21-23-25-27-29-31-35-39-53-43-45-41-51(48(52)47(50)37-33-34-38-49)42-46(45)44-54-40-36-32-30-28-26-24-22-20-18-16-14-12-10-8-6-4-2/h17-20,45-47H,3-16,21-44,49-50H2,1-2H3/b19-17+,20-18+/t45-,46-,47-/m0/s1. The van der Waals surface area contributed by atoms with Crippen molar-refractivity contribution in [1.29, 1.82) is 0 Å². The number of amides is 1. The second-order valence-corrected chi connectivity index (χ2v) is 16.7. The third-order valence-corrected chi connectivity index (χ3v) is 11.4. The molecule has 0 aromatic heterocycles. The van der Waals surface area contributed by atoms with Crippen molar-refractivity contribution in [3.05, 3.63) is 24.3 Å². The van der Waals surface area contributed by atoms with Crippen LogP contribution in [-0.4, -0.2) is 62.9 Å². The number of nitrogens with zero attached hydrogens (tertiary/aromatic N) is 1. The first-order valence-electron chi connectivity index (χ1n) is 23.8. The largest absolute Gasteiger partial charge is 0.381 e. The topological polar surface area (TPSA) is 90.8 Å². The number of nitrogens with two attached hydrogens (primary N) is 2. The maximum absolute atomic E-state index is 13.2. The second kappa shape index (κ2) is 40.0. The zero-order valence-corrected chi connectivity index (χ0v) is 36.2. The van der Waals surface area contributed by atoms with Gasteiger partial charge in [-0.2, -0.15) is 0 Å². The molecule has 318 valence electrons. The highest BCUT2D eigenvalue weighted by atomic mass is 16.5. The van der Waals surface area contributed by atoms with Crippen molar-refractivity contribution in [3.63, 3.8) is 0 Å². The Morgan fingerprint density at radius 3 is 1.26 bits per heavy atom. The number of ether oxygens (including phenoxy) is 2. The van der Waals surface area contributed by atoms with E-state index in [1.807, 2.05) is 4.90 Å². The van der Waals surface area contributed by atoms with Crippen molar-refractivity contribution in [2.75, 3.05) is 46.1 Å². The summed E-state index contributed by atoms with van der Waals surface area (Å²) in [6.07, 6.45) is 49.0. The van der Waals surface area contributed by atoms with Gasteiger partial charge in [0.2, 0.25) is 5.91 Å². The number of likely N-dealkylation sites (tertiary alicyclic amines) is 1. The fraction of sp³-hybridized carbons (Fsp3) is 0.896. The average molecular weight is 760 g/mol. The summed E-state index contributed by atoms with van der Waals surface area (Å²) < 4.78 is 12.4. The summed E-state index contributed by atoms with van der Waals surface area (Å²) >= 11 is 0. The fourth-order valence-corrected chi connectivity index (χ4v) is 7.74. The molecule has 1 heterocycles. The number of hydrogen-bond acceptors (Lipinski definition) is 5. The number of unbranched alkanes of at least 4 members (excludes halogenated alkanes) is 25. The van der Waals surface area contributed by atoms with Gasteiger partial charge in [-0.05, 0) is 83.6 Å². The van der Waals surface area contributed by atoms with Gasteiger partial charge in [0.1, 0.15) is 0 Å². The van der Waals surface area contributed by atoms with E-state index in [0.717, 1.165) is 52.0 Å². The molecule has 1 amide bonds. The molecule has 4 N–H and O–H groups in total. The first-order valence-corrected chi connectivity index (χ1v) is 23.8. The van der Waals surface area contributed by atoms with Crippen molar-refractivity contribution in [3.8, 4) is 0 Å². The summed E-state index contributed by atoms with van der Waals surface area (Å²) in [7, 11) is 0. The van der Waals surface area contributed by atoms with E-state index in [9.17, 15) is 4.79 Å². The molecule has 0 radical (unpaired) electrons. The minimum atomic E-state index is -0.431. The Morgan fingerprint density at radius 1 is 0.537 bits per heavy atom. The molecule has 0 unspecified atom stereocenters. The van der Waals surface area contributed by atoms with Gasteiger partial charge in [-0.3, -0.25) is 4.79 Å². The molecule has 1 saturated heterocycles. The monoisotopic (exact) mass is 760 g/mol. The molecule has 0 aromatic carbocycles. The van der Waals surface area contributed by atoms with E-state index in [1.165, 1.54) is 167 Å². The summed E-state index contributed by atoms with van der Waals surface area (Å²) in [4.78, 5) is 15.2. The van der Waals surface area contributed by atoms with Crippen molar-refractivity contribution in [2.24, 2.45) is 23.3 Å². The Balaban J connectivity index is 2.18. The summed E-state index contributed by atoms with van der Waals surface area (Å²) in [6, 6.07) is -0.431. The Morgan fingerprint density at radius 2 is 0.889 bits per heavy atom. The summed E-state index contributed by atoms with van der Waals surface area (Å²) in [5.74, 6) is 0.722. The Kier molecular flexibility index (Phi) is 37.6. The molecule has 0 spiro atoms. The first-order chi connectivity index (χ1) is 26.6. The second-order valence-electron chi connectivity index (χ2n) is 16.7. The summed E-state index contributed by atoms with van der Waals surface area (Å²) in [5.41, 5.74) is 12.0. The molecule has 54 heavy (non-hydrogen) atoms. The molecule has 6 nitrogen and oxygen atoms in total. The smallest absolute Gasteiger partial charge is 0.239 e. The van der Waals surface area contributed by atoms with Gasteiger partial charge in [-0.25, -0.2) is 0 Å². The SMILES string of the molecule is CCCCCCCC/C=C/CCCCCCCCOC[C@@H]1CN(C(=O)[C@@H](N)CCCCN)C[C@H]1COCCCCCCCC/C=C/CCCCCCCC. The molecule has 6 heteroatoms. The Labute approximate surface area is 336 Å². The third kappa shape index (κ3) is 30.9. The number of carbonyl (C=O) groups is 1. The molecule has 0 bridgehead atoms. The predicted octanol–water partition coefficient (Wildman–Crippen LogP) is 12.6. The van der Waals surface area contributed by atoms with E-state index < -0.39 is 6.04 Å². The summed E-state index contributed by atoms with van der Waals surface area (Å²) in [6.45, 7) is 9.73. The molecule has 1 aliphatic heterocycles. The van der Waals surface area contributed by atoms with Crippen LogP contribution in [-0.2, 0) is 14.3 Å². The quantitative estimate of drug-likeness (QED) is 0.0478. The molecular formula is C48H93N3O3. The molecule has 0 saturated carbocycles. The lowest BCUT2D eigenvalue weighted by Crippen LogP contribution is -2.43. The predicted molar refractivity (Wildman–Crippen MR) is 235 cm³/mol. The van der Waals surface area contributed by atoms with Crippen LogP contribution in [0, 0.1) is 11.8 Å². The highest BCUT2D eigenvalue weighted by Gasteiger charge is 2.36. The van der Waals surface area contributed by atoms with Crippen LogP contribution in [0.25, 0.3) is 0 Å². The van der Waals surface area contributed by atoms with Gasteiger partial charge >= 0.3 is 0 Å². The van der Waals surface area contributed by atoms with Crippen LogP contribution >= 0.6 is 0 Å². The van der Waals surface area contributed by atoms with Crippen LogP contribution in [0.5, 0.6) is 0 Å². The van der Waals surface area contributed by atoms with Crippen LogP contribution in [0.3, 0.4) is 0 Å². The minimum Gasteiger partial charge on any atom is -0.381 e. The Hall–Kier alpha value is -1.21. The molecule has 1 rings (SSSR count). The molecule has 3 atom stereocenters. The molecular weight excluding hydrogens is 667 g/mol. The van der Waals surface area contributed by atoms with Gasteiger partial charge in [0, 0.05) is 38.1 Å². The van der Waals surface area contributed by atoms with Crippen LogP contribution in [0.15, 0.2) is 24.3 Å². The number of hydrogen-bond donors (Lipinski definition) is 2. The third-order valence-electron chi connectivity index (χ3n) is 11.4. The molecule has 0 aliphatic carbocycles. The van der Waals surface area contributed by atoms with Gasteiger partial charge in [-0.15, -0.1) is 0 Å². The fourth-order valence-electron chi connectivity index (χ4n) is 7.74. The van der Waals surface area contributed by atoms with E-state index in [0.29, 0.717) is 38.0 Å². The van der Waals surface area contributed by atoms with Crippen LogP contribution in [0.2, 0.25) is 0 Å². The molecule has 0 aromatic rings. The van der Waals surface area contributed by atoms with E-state index in [1.54, 1.807) is 0 Å². The average Bonchev–Trinajstić information content (AvgIpc) is 3.59. The highest BCUT2D eigenvalue weighted by molar-refractivity contribution is 5.81. The zero-order chi connectivity index (χ0) is 39.0. The van der Waals surface area contributed by atoms with E-state index in [2.05, 4.69) is 38.2 Å². The van der Waals surface area contributed by atoms with E-state index in [4.69, 9.17) is 20.9 Å². The van der Waals surface area contributed by atoms with E-state index in [-0.39, 0.29) is 5.91 Å². The van der Waals surface area contributed by atoms with Crippen LogP contribution < -0.4 is 11.5 Å². The van der Waals surface area contributed by atoms with Gasteiger partial charge < -0.3 is 25.8 Å². The number of rotatable bonds is 41. The van der Waals surface area contributed by atoms with Crippen molar-refractivity contribution in [2.45, 2.75) is 219 Å². The zero-order valence-electron chi connectivity index (χ0n) is 36.2. The minimum absolute atomic E-state index is 0.0844. The van der Waals surface area contributed by atoms with E-state index >= 15 is 0 Å². The number of allylic oxidation sites excluding steroid dienone is 4. The van der Waals surface area contributed by atoms with Crippen LogP contribution in [0.4, 0.5) is 0 Å². The first kappa shape index (κ1) is 50.8. The van der Waals surface area contributed by atoms with Crippen molar-refractivity contribution >= 4 is 5.91 Å². The number of carbonyl (C=O) groups excluding carboxylic acids is 1. The van der Waals surface area contributed by atoms with Gasteiger partial charge in [0.25, 0.3) is 0 Å². The summed E-state index contributed by atoms with van der Waals surface area (Å²) in [5, 5.41) is 0. The lowest BCUT2D eigenvalue weighted by molar-refractivity contribution is -0.132. The molecule has 1 fully saturated rings. The van der Waals surface area contributed by atoms with Gasteiger partial charge in [0.15, 0.2) is 0 Å². The maximum atomic E-state index is 13.2. The van der Waals surface area contributed by atoms with Crippen molar-refractivity contribution < 1.29 is 14.3 Å². The van der Waals surface area contributed by atoms with Gasteiger partial charge in [-0.1, -0.05) is 160 Å². The lowest BCUT2D eigenvalue weighted by Gasteiger charge is -2.21. The highest BCUT2D eigenvalue weighted by Crippen LogP contribution is 2.26. The van der Waals surface area contributed by atoms with Gasteiger partial charge in [0.05, 0.1) is 19.3 Å². The molecule has 1 aliphatic rings. The lowest BCUT2D eigenvalue weighted by atomic mass is 9.98. The maximum Gasteiger partial charge on any atom is 0.239 e. The van der Waals surface area contributed by atoms with Crippen LogP contribution in [0.1, 0.15) is 213 Å².